The molecule has 0 aromatic carbocycles. The molecule has 0 spiro atoms. The van der Waals surface area contributed by atoms with Crippen LogP contribution in [0.2, 0.25) is 0 Å². The van der Waals surface area contributed by atoms with E-state index < -0.39 is 0 Å². The smallest absolute Gasteiger partial charge is 0.236 e. The van der Waals surface area contributed by atoms with E-state index in [-0.39, 0.29) is 11.9 Å². The van der Waals surface area contributed by atoms with E-state index in [1.807, 2.05) is 0 Å². The maximum Gasteiger partial charge on any atom is 0.236 e. The molecule has 4 nitrogen and oxygen atoms in total. The second-order valence-electron chi connectivity index (χ2n) is 6.64. The molecule has 1 amide bonds. The molecule has 2 unspecified atom stereocenters. The van der Waals surface area contributed by atoms with Gasteiger partial charge in [0.1, 0.15) is 0 Å². The largest absolute Gasteiger partial charge is 0.354 e. The minimum Gasteiger partial charge on any atom is -0.354 e. The number of nitrogens with zero attached hydrogens (tertiary/aromatic N) is 1. The molecular weight excluding hydrogens is 250 g/mol. The Hall–Kier alpha value is -0.610. The zero-order chi connectivity index (χ0) is 14.4. The Morgan fingerprint density at radius 2 is 2.00 bits per heavy atom. The van der Waals surface area contributed by atoms with Gasteiger partial charge in [0.2, 0.25) is 5.91 Å². The van der Waals surface area contributed by atoms with Crippen LogP contribution in [0, 0.1) is 11.8 Å². The van der Waals surface area contributed by atoms with Crippen molar-refractivity contribution in [1.29, 1.82) is 0 Å². The summed E-state index contributed by atoms with van der Waals surface area (Å²) in [6.45, 7) is 6.40. The lowest BCUT2D eigenvalue weighted by Crippen LogP contribution is -2.43. The molecule has 1 saturated carbocycles. The van der Waals surface area contributed by atoms with Gasteiger partial charge < -0.3 is 16.0 Å². The van der Waals surface area contributed by atoms with Crippen LogP contribution in [0.25, 0.3) is 0 Å². The third kappa shape index (κ3) is 4.74. The minimum atomic E-state index is -0.304. The van der Waals surface area contributed by atoms with E-state index in [4.69, 9.17) is 5.73 Å². The summed E-state index contributed by atoms with van der Waals surface area (Å²) in [5.74, 6) is 1.35. The number of rotatable bonds is 6. The SMILES string of the molecule is CCN1CCC(CNC(=O)C(N)CC2CCCCC2)C1. The average molecular weight is 281 g/mol. The fourth-order valence-corrected chi connectivity index (χ4v) is 3.63. The quantitative estimate of drug-likeness (QED) is 0.780. The maximum absolute atomic E-state index is 12.1. The molecule has 1 aliphatic carbocycles. The van der Waals surface area contributed by atoms with Crippen molar-refractivity contribution in [2.24, 2.45) is 17.6 Å². The summed E-state index contributed by atoms with van der Waals surface area (Å²) in [4.78, 5) is 14.5. The highest BCUT2D eigenvalue weighted by atomic mass is 16.2. The molecule has 1 heterocycles. The van der Waals surface area contributed by atoms with Crippen molar-refractivity contribution in [3.63, 3.8) is 0 Å². The Morgan fingerprint density at radius 1 is 1.25 bits per heavy atom. The van der Waals surface area contributed by atoms with Gasteiger partial charge in [0.05, 0.1) is 6.04 Å². The fourth-order valence-electron chi connectivity index (χ4n) is 3.63. The second kappa shape index (κ2) is 7.99. The van der Waals surface area contributed by atoms with Gasteiger partial charge >= 0.3 is 0 Å². The molecule has 2 rings (SSSR count). The van der Waals surface area contributed by atoms with Crippen LogP contribution in [0.4, 0.5) is 0 Å². The molecule has 0 bridgehead atoms. The van der Waals surface area contributed by atoms with Crippen LogP contribution in [0.5, 0.6) is 0 Å². The second-order valence-corrected chi connectivity index (χ2v) is 6.64. The molecule has 0 aromatic rings. The third-order valence-electron chi connectivity index (χ3n) is 5.03. The molecule has 1 aliphatic heterocycles. The van der Waals surface area contributed by atoms with Crippen LogP contribution >= 0.6 is 0 Å². The molecule has 2 fully saturated rings. The number of carbonyl (C=O) groups excluding carboxylic acids is 1. The lowest BCUT2D eigenvalue weighted by molar-refractivity contribution is -0.123. The van der Waals surface area contributed by atoms with Gasteiger partial charge in [-0.15, -0.1) is 0 Å². The Morgan fingerprint density at radius 3 is 2.65 bits per heavy atom. The third-order valence-corrected chi connectivity index (χ3v) is 5.03. The van der Waals surface area contributed by atoms with Crippen LogP contribution in [-0.2, 0) is 4.79 Å². The first-order valence-corrected chi connectivity index (χ1v) is 8.44. The first-order chi connectivity index (χ1) is 9.69. The molecule has 4 heteroatoms. The maximum atomic E-state index is 12.1. The number of amides is 1. The van der Waals surface area contributed by atoms with Crippen molar-refractivity contribution in [3.05, 3.63) is 0 Å². The van der Waals surface area contributed by atoms with Crippen LogP contribution in [0.1, 0.15) is 51.9 Å². The van der Waals surface area contributed by atoms with E-state index in [0.29, 0.717) is 11.8 Å². The van der Waals surface area contributed by atoms with E-state index in [2.05, 4.69) is 17.1 Å². The molecule has 116 valence electrons. The highest BCUT2D eigenvalue weighted by Gasteiger charge is 2.24. The topological polar surface area (TPSA) is 58.4 Å². The number of hydrogen-bond donors (Lipinski definition) is 2. The monoisotopic (exact) mass is 281 g/mol. The van der Waals surface area contributed by atoms with Gasteiger partial charge in [0.15, 0.2) is 0 Å². The highest BCUT2D eigenvalue weighted by Crippen LogP contribution is 2.27. The average Bonchev–Trinajstić information content (AvgIpc) is 2.93. The minimum absolute atomic E-state index is 0.0607. The van der Waals surface area contributed by atoms with E-state index in [1.54, 1.807) is 0 Å². The number of hydrogen-bond acceptors (Lipinski definition) is 3. The number of carbonyl (C=O) groups is 1. The van der Waals surface area contributed by atoms with Crippen LogP contribution in [0.15, 0.2) is 0 Å². The summed E-state index contributed by atoms with van der Waals surface area (Å²) in [5.41, 5.74) is 6.06. The van der Waals surface area contributed by atoms with Crippen molar-refractivity contribution in [1.82, 2.24) is 10.2 Å². The highest BCUT2D eigenvalue weighted by molar-refractivity contribution is 5.81. The van der Waals surface area contributed by atoms with Gasteiger partial charge in [-0.1, -0.05) is 39.0 Å². The lowest BCUT2D eigenvalue weighted by atomic mass is 9.85. The molecular formula is C16H31N3O. The predicted molar refractivity (Wildman–Crippen MR) is 82.4 cm³/mol. The predicted octanol–water partition coefficient (Wildman–Crippen LogP) is 1.74. The lowest BCUT2D eigenvalue weighted by Gasteiger charge is -2.24. The standard InChI is InChI=1S/C16H31N3O/c1-2-19-9-8-14(12-19)11-18-16(20)15(17)10-13-6-4-3-5-7-13/h13-15H,2-12,17H2,1H3,(H,18,20). The molecule has 2 atom stereocenters. The van der Waals surface area contributed by atoms with Crippen molar-refractivity contribution in [3.8, 4) is 0 Å². The Balaban J connectivity index is 1.63. The molecule has 2 aliphatic rings. The summed E-state index contributed by atoms with van der Waals surface area (Å²) in [6.07, 6.45) is 8.57. The number of nitrogens with two attached hydrogens (primary N) is 1. The number of likely N-dealkylation sites (tertiary alicyclic amines) is 1. The zero-order valence-corrected chi connectivity index (χ0v) is 12.9. The van der Waals surface area contributed by atoms with Crippen molar-refractivity contribution in [2.45, 2.75) is 57.9 Å². The van der Waals surface area contributed by atoms with E-state index in [9.17, 15) is 4.79 Å². The van der Waals surface area contributed by atoms with E-state index >= 15 is 0 Å². The molecule has 20 heavy (non-hydrogen) atoms. The Labute approximate surface area is 123 Å². The van der Waals surface area contributed by atoms with Crippen LogP contribution in [-0.4, -0.2) is 43.0 Å². The van der Waals surface area contributed by atoms with Gasteiger partial charge in [-0.2, -0.15) is 0 Å². The number of nitrogens with one attached hydrogen (secondary N) is 1. The molecule has 3 N–H and O–H groups in total. The van der Waals surface area contributed by atoms with Gasteiger partial charge in [-0.05, 0) is 37.8 Å². The van der Waals surface area contributed by atoms with Crippen LogP contribution in [0.3, 0.4) is 0 Å². The molecule has 1 saturated heterocycles. The van der Waals surface area contributed by atoms with Gasteiger partial charge in [0, 0.05) is 13.1 Å². The molecule has 0 aromatic heterocycles. The van der Waals surface area contributed by atoms with Gasteiger partial charge in [-0.3, -0.25) is 4.79 Å². The summed E-state index contributed by atoms with van der Waals surface area (Å²) >= 11 is 0. The zero-order valence-electron chi connectivity index (χ0n) is 12.9. The normalized spacial score (nSPS) is 26.6. The van der Waals surface area contributed by atoms with Crippen molar-refractivity contribution >= 4 is 5.91 Å². The first kappa shape index (κ1) is 15.8. The van der Waals surface area contributed by atoms with Crippen LogP contribution < -0.4 is 11.1 Å². The van der Waals surface area contributed by atoms with Crippen molar-refractivity contribution < 1.29 is 4.79 Å². The molecule has 0 radical (unpaired) electrons. The summed E-state index contributed by atoms with van der Waals surface area (Å²) < 4.78 is 0. The summed E-state index contributed by atoms with van der Waals surface area (Å²) in [5, 5.41) is 3.07. The van der Waals surface area contributed by atoms with Gasteiger partial charge in [-0.25, -0.2) is 0 Å². The summed E-state index contributed by atoms with van der Waals surface area (Å²) in [7, 11) is 0. The van der Waals surface area contributed by atoms with E-state index in [0.717, 1.165) is 26.1 Å². The Bertz CT molecular complexity index is 302. The fraction of sp³-hybridized carbons (Fsp3) is 0.938. The van der Waals surface area contributed by atoms with E-state index in [1.165, 1.54) is 45.1 Å². The first-order valence-electron chi connectivity index (χ1n) is 8.44. The van der Waals surface area contributed by atoms with Gasteiger partial charge in [0.25, 0.3) is 0 Å². The van der Waals surface area contributed by atoms with Crippen molar-refractivity contribution in [2.75, 3.05) is 26.2 Å². The Kier molecular flexibility index (Phi) is 6.30. The summed E-state index contributed by atoms with van der Waals surface area (Å²) in [6, 6.07) is -0.304.